The Labute approximate surface area is 130 Å². The molecule has 0 bridgehead atoms. The maximum atomic E-state index is 11.3. The Balaban J connectivity index is 1.90. The van der Waals surface area contributed by atoms with Crippen molar-refractivity contribution in [2.75, 3.05) is 55.7 Å². The van der Waals surface area contributed by atoms with Crippen LogP contribution in [0, 0.1) is 10.1 Å². The molecular formula is C15H23N4O3+. The quantitative estimate of drug-likeness (QED) is 0.638. The van der Waals surface area contributed by atoms with Crippen LogP contribution in [0.5, 0.6) is 0 Å². The largest absolute Gasteiger partial charge is 0.378 e. The van der Waals surface area contributed by atoms with Gasteiger partial charge < -0.3 is 19.9 Å². The summed E-state index contributed by atoms with van der Waals surface area (Å²) >= 11 is 0. The molecule has 0 saturated carbocycles. The molecule has 22 heavy (non-hydrogen) atoms. The second kappa shape index (κ2) is 6.50. The van der Waals surface area contributed by atoms with Crippen molar-refractivity contribution in [1.29, 1.82) is 0 Å². The van der Waals surface area contributed by atoms with Gasteiger partial charge in [-0.2, -0.15) is 0 Å². The van der Waals surface area contributed by atoms with Crippen molar-refractivity contribution in [2.45, 2.75) is 13.0 Å². The number of morpholine rings is 1. The lowest BCUT2D eigenvalue weighted by Gasteiger charge is -2.33. The molecule has 0 aromatic heterocycles. The average molecular weight is 307 g/mol. The van der Waals surface area contributed by atoms with E-state index in [2.05, 4.69) is 22.0 Å². The molecule has 120 valence electrons. The van der Waals surface area contributed by atoms with Gasteiger partial charge in [-0.15, -0.1) is 0 Å². The molecule has 0 spiro atoms. The van der Waals surface area contributed by atoms with Crippen LogP contribution in [0.2, 0.25) is 0 Å². The highest BCUT2D eigenvalue weighted by atomic mass is 16.6. The van der Waals surface area contributed by atoms with Crippen LogP contribution in [0.3, 0.4) is 0 Å². The van der Waals surface area contributed by atoms with Gasteiger partial charge in [-0.05, 0) is 19.1 Å². The molecular weight excluding hydrogens is 284 g/mol. The number of quaternary nitrogens is 1. The predicted octanol–water partition coefficient (Wildman–Crippen LogP) is 0.203. The number of hydrogen-bond donors (Lipinski definition) is 1. The smallest absolute Gasteiger partial charge is 0.292 e. The van der Waals surface area contributed by atoms with Crippen molar-refractivity contribution in [3.63, 3.8) is 0 Å². The van der Waals surface area contributed by atoms with E-state index < -0.39 is 0 Å². The summed E-state index contributed by atoms with van der Waals surface area (Å²) in [5, 5.41) is 13.7. The highest BCUT2D eigenvalue weighted by Crippen LogP contribution is 2.33. The van der Waals surface area contributed by atoms with E-state index in [1.807, 2.05) is 12.1 Å². The molecule has 0 unspecified atom stereocenters. The number of nitrogens with two attached hydrogens (primary N) is 1. The topological polar surface area (TPSA) is 75.5 Å². The third-order valence-corrected chi connectivity index (χ3v) is 4.35. The first kappa shape index (κ1) is 15.1. The highest BCUT2D eigenvalue weighted by Gasteiger charge is 2.25. The van der Waals surface area contributed by atoms with Crippen LogP contribution in [0.15, 0.2) is 18.2 Å². The van der Waals surface area contributed by atoms with E-state index in [-0.39, 0.29) is 10.6 Å². The first-order valence-corrected chi connectivity index (χ1v) is 7.84. The summed E-state index contributed by atoms with van der Waals surface area (Å²) in [5.74, 6) is 0. The lowest BCUT2D eigenvalue weighted by Crippen LogP contribution is -2.94. The van der Waals surface area contributed by atoms with Crippen LogP contribution in [0.4, 0.5) is 17.1 Å². The Morgan fingerprint density at radius 1 is 1.27 bits per heavy atom. The third-order valence-electron chi connectivity index (χ3n) is 4.35. The van der Waals surface area contributed by atoms with E-state index in [1.165, 1.54) is 0 Å². The van der Waals surface area contributed by atoms with Crippen molar-refractivity contribution < 1.29 is 15.0 Å². The van der Waals surface area contributed by atoms with Gasteiger partial charge >= 0.3 is 0 Å². The Hall–Kier alpha value is -1.86. The number of nitro benzene ring substituents is 1. The van der Waals surface area contributed by atoms with Gasteiger partial charge in [0.15, 0.2) is 0 Å². The van der Waals surface area contributed by atoms with Gasteiger partial charge in [-0.1, -0.05) is 0 Å². The molecule has 2 heterocycles. The fourth-order valence-electron chi connectivity index (χ4n) is 3.18. The molecule has 2 aliphatic heterocycles. The monoisotopic (exact) mass is 307 g/mol. The van der Waals surface area contributed by atoms with Gasteiger partial charge in [0.25, 0.3) is 5.69 Å². The fourth-order valence-corrected chi connectivity index (χ4v) is 3.18. The highest BCUT2D eigenvalue weighted by molar-refractivity contribution is 5.70. The summed E-state index contributed by atoms with van der Waals surface area (Å²) in [6.07, 6.45) is 0. The lowest BCUT2D eigenvalue weighted by molar-refractivity contribution is -0.687. The molecule has 1 aromatic carbocycles. The standard InChI is InChI=1S/C15H22N4O3/c1-12-11-18(5-4-16-12)13-2-3-14(19(20)21)15(10-13)17-6-8-22-9-7-17/h2-3,10,12,16H,4-9,11H2,1H3/p+1/t12-/m0/s1. The summed E-state index contributed by atoms with van der Waals surface area (Å²) < 4.78 is 5.36. The molecule has 2 aliphatic rings. The minimum Gasteiger partial charge on any atom is -0.378 e. The first-order valence-electron chi connectivity index (χ1n) is 7.84. The minimum absolute atomic E-state index is 0.183. The van der Waals surface area contributed by atoms with Crippen LogP contribution < -0.4 is 15.1 Å². The Bertz CT molecular complexity index is 546. The number of nitrogens with zero attached hydrogens (tertiary/aromatic N) is 3. The van der Waals surface area contributed by atoms with Crippen LogP contribution in [-0.4, -0.2) is 56.9 Å². The second-order valence-corrected chi connectivity index (χ2v) is 5.98. The normalized spacial score (nSPS) is 22.7. The van der Waals surface area contributed by atoms with Gasteiger partial charge in [0.05, 0.1) is 37.8 Å². The molecule has 0 amide bonds. The molecule has 1 aromatic rings. The maximum Gasteiger partial charge on any atom is 0.292 e. The van der Waals surface area contributed by atoms with Gasteiger partial charge in [-0.3, -0.25) is 10.1 Å². The van der Waals surface area contributed by atoms with Crippen molar-refractivity contribution in [2.24, 2.45) is 0 Å². The zero-order chi connectivity index (χ0) is 15.5. The molecule has 2 fully saturated rings. The molecule has 2 saturated heterocycles. The zero-order valence-corrected chi connectivity index (χ0v) is 12.9. The lowest BCUT2D eigenvalue weighted by atomic mass is 10.1. The maximum absolute atomic E-state index is 11.3. The SMILES string of the molecule is C[C@H]1CN(c2ccc([N+](=O)[O-])c(N3CCOCC3)c2)CC[NH2+]1. The number of piperazine rings is 1. The fraction of sp³-hybridized carbons (Fsp3) is 0.600. The number of nitro groups is 1. The molecule has 7 heteroatoms. The van der Waals surface area contributed by atoms with Crippen LogP contribution in [-0.2, 0) is 4.74 Å². The summed E-state index contributed by atoms with van der Waals surface area (Å²) in [5.41, 5.74) is 1.97. The minimum atomic E-state index is -0.290. The van der Waals surface area contributed by atoms with E-state index in [0.29, 0.717) is 38.0 Å². The molecule has 2 N–H and O–H groups in total. The van der Waals surface area contributed by atoms with E-state index in [4.69, 9.17) is 4.74 Å². The second-order valence-electron chi connectivity index (χ2n) is 5.98. The van der Waals surface area contributed by atoms with Crippen molar-refractivity contribution >= 4 is 17.1 Å². The zero-order valence-electron chi connectivity index (χ0n) is 12.9. The number of benzene rings is 1. The molecule has 1 atom stereocenters. The van der Waals surface area contributed by atoms with Crippen LogP contribution in [0.1, 0.15) is 6.92 Å². The third kappa shape index (κ3) is 3.15. The number of rotatable bonds is 3. The van der Waals surface area contributed by atoms with Gasteiger partial charge in [-0.25, -0.2) is 0 Å². The van der Waals surface area contributed by atoms with Gasteiger partial charge in [0.1, 0.15) is 11.7 Å². The summed E-state index contributed by atoms with van der Waals surface area (Å²) in [7, 11) is 0. The molecule has 7 nitrogen and oxygen atoms in total. The predicted molar refractivity (Wildman–Crippen MR) is 84.6 cm³/mol. The number of ether oxygens (including phenoxy) is 1. The van der Waals surface area contributed by atoms with Crippen LogP contribution in [0.25, 0.3) is 0 Å². The number of anilines is 2. The van der Waals surface area contributed by atoms with Crippen LogP contribution >= 0.6 is 0 Å². The van der Waals surface area contributed by atoms with E-state index >= 15 is 0 Å². The Morgan fingerprint density at radius 2 is 2.05 bits per heavy atom. The molecule has 0 radical (unpaired) electrons. The Morgan fingerprint density at radius 3 is 2.73 bits per heavy atom. The first-order chi connectivity index (χ1) is 10.6. The Kier molecular flexibility index (Phi) is 4.44. The summed E-state index contributed by atoms with van der Waals surface area (Å²) in [4.78, 5) is 15.4. The van der Waals surface area contributed by atoms with Crippen molar-refractivity contribution in [3.05, 3.63) is 28.3 Å². The van der Waals surface area contributed by atoms with E-state index in [9.17, 15) is 10.1 Å². The molecule has 3 rings (SSSR count). The van der Waals surface area contributed by atoms with Gasteiger partial charge in [0, 0.05) is 24.8 Å². The van der Waals surface area contributed by atoms with Crippen molar-refractivity contribution in [1.82, 2.24) is 0 Å². The van der Waals surface area contributed by atoms with E-state index in [1.54, 1.807) is 6.07 Å². The van der Waals surface area contributed by atoms with Gasteiger partial charge in [0.2, 0.25) is 0 Å². The summed E-state index contributed by atoms with van der Waals surface area (Å²) in [6.45, 7) is 7.87. The summed E-state index contributed by atoms with van der Waals surface area (Å²) in [6, 6.07) is 6.04. The van der Waals surface area contributed by atoms with E-state index in [0.717, 1.165) is 25.3 Å². The van der Waals surface area contributed by atoms with Crippen molar-refractivity contribution in [3.8, 4) is 0 Å². The molecule has 0 aliphatic carbocycles. The average Bonchev–Trinajstić information content (AvgIpc) is 2.55. The number of hydrogen-bond acceptors (Lipinski definition) is 5.